The number of carbonyl (C=O) groups excluding carboxylic acids is 1. The maximum absolute atomic E-state index is 13.0. The number of halogens is 1. The van der Waals surface area contributed by atoms with E-state index in [4.69, 9.17) is 30.5 Å². The summed E-state index contributed by atoms with van der Waals surface area (Å²) >= 11 is 6.26. The number of hydrogen-bond donors (Lipinski definition) is 0. The van der Waals surface area contributed by atoms with E-state index in [0.717, 1.165) is 0 Å². The van der Waals surface area contributed by atoms with E-state index < -0.39 is 0 Å². The molecule has 2 aromatic carbocycles. The molecule has 0 spiro atoms. The molecule has 0 saturated heterocycles. The Morgan fingerprint density at radius 1 is 1.00 bits per heavy atom. The third-order valence-corrected chi connectivity index (χ3v) is 5.15. The van der Waals surface area contributed by atoms with Crippen LogP contribution in [0.3, 0.4) is 0 Å². The number of hydrogen-bond acceptors (Lipinski definition) is 5. The van der Waals surface area contributed by atoms with E-state index in [-0.39, 0.29) is 34.4 Å². The Hall–Kier alpha value is -1.37. The van der Waals surface area contributed by atoms with Crippen LogP contribution < -0.4 is 43.1 Å². The summed E-state index contributed by atoms with van der Waals surface area (Å²) in [5, 5.41) is 1.04. The van der Waals surface area contributed by atoms with E-state index >= 15 is 0 Å². The van der Waals surface area contributed by atoms with Gasteiger partial charge in [0.15, 0.2) is 5.52 Å². The minimum absolute atomic E-state index is 0. The molecule has 0 amide bonds. The zero-order valence-electron chi connectivity index (χ0n) is 17.9. The van der Waals surface area contributed by atoms with Crippen molar-refractivity contribution in [2.75, 3.05) is 26.9 Å². The summed E-state index contributed by atoms with van der Waals surface area (Å²) in [6.45, 7) is 7.13. The summed E-state index contributed by atoms with van der Waals surface area (Å²) in [6, 6.07) is 8.71. The molecule has 0 saturated carbocycles. The van der Waals surface area contributed by atoms with Gasteiger partial charge >= 0.3 is 18.9 Å². The maximum Gasteiger partial charge on any atom is 1.00 e. The first-order valence-electron chi connectivity index (χ1n) is 8.75. The minimum atomic E-state index is -0.242. The molecule has 0 bridgehead atoms. The van der Waals surface area contributed by atoms with Crippen molar-refractivity contribution >= 4 is 31.0 Å². The maximum atomic E-state index is 13.0. The van der Waals surface area contributed by atoms with Crippen molar-refractivity contribution < 1.29 is 44.0 Å². The van der Waals surface area contributed by atoms with Gasteiger partial charge in [0.25, 0.3) is 0 Å². The molecule has 2 rings (SSSR count). The van der Waals surface area contributed by atoms with Crippen molar-refractivity contribution in [3.63, 3.8) is 0 Å². The van der Waals surface area contributed by atoms with Gasteiger partial charge in [0.1, 0.15) is 23.0 Å². The molecule has 8 heteroatoms. The van der Waals surface area contributed by atoms with Crippen molar-refractivity contribution in [1.82, 2.24) is 0 Å². The molecule has 1 unspecified atom stereocenters. The Morgan fingerprint density at radius 3 is 2.07 bits per heavy atom. The monoisotopic (exact) mass is 418 g/mol. The van der Waals surface area contributed by atoms with Crippen LogP contribution in [0.1, 0.15) is 32.6 Å². The summed E-state index contributed by atoms with van der Waals surface area (Å²) in [7, 11) is 1.27. The summed E-state index contributed by atoms with van der Waals surface area (Å²) in [5.74, 6) is 2.23. The molecule has 5 nitrogen and oxygen atoms in total. The molecular formula is C20H25ClLiO5P. The second-order valence-electron chi connectivity index (χ2n) is 5.36. The zero-order valence-corrected chi connectivity index (χ0v) is 18.7. The fourth-order valence-electron chi connectivity index (χ4n) is 2.55. The normalized spacial score (nSPS) is 10.5. The Labute approximate surface area is 186 Å². The Morgan fingerprint density at radius 2 is 1.57 bits per heavy atom. The van der Waals surface area contributed by atoms with Crippen molar-refractivity contribution in [1.29, 1.82) is 0 Å². The average Bonchev–Trinajstić information content (AvgIpc) is 2.64. The first kappa shape index (κ1) is 24.7. The van der Waals surface area contributed by atoms with Crippen LogP contribution in [0, 0.1) is 0 Å². The summed E-state index contributed by atoms with van der Waals surface area (Å²) in [4.78, 5) is 13.0. The van der Waals surface area contributed by atoms with Gasteiger partial charge in [0.05, 0.1) is 42.8 Å². The molecule has 2 aromatic rings. The van der Waals surface area contributed by atoms with Gasteiger partial charge in [-0.1, -0.05) is 17.7 Å². The minimum Gasteiger partial charge on any atom is -1.00 e. The molecule has 0 aromatic heterocycles. The molecule has 0 N–H and O–H groups in total. The van der Waals surface area contributed by atoms with Gasteiger partial charge in [0.2, 0.25) is 0 Å². The third kappa shape index (κ3) is 6.06. The van der Waals surface area contributed by atoms with Crippen LogP contribution in [-0.2, 0) is 0 Å². The van der Waals surface area contributed by atoms with Gasteiger partial charge in [-0.15, -0.1) is 0 Å². The van der Waals surface area contributed by atoms with Gasteiger partial charge < -0.3 is 20.4 Å². The van der Waals surface area contributed by atoms with E-state index in [2.05, 4.69) is 0 Å². The second-order valence-corrected chi connectivity index (χ2v) is 6.98. The molecule has 0 fully saturated rings. The van der Waals surface area contributed by atoms with E-state index in [0.29, 0.717) is 58.7 Å². The number of methoxy groups -OCH3 is 1. The number of ether oxygens (including phenoxy) is 4. The van der Waals surface area contributed by atoms with Crippen LogP contribution in [0.2, 0.25) is 5.02 Å². The molecule has 148 valence electrons. The summed E-state index contributed by atoms with van der Waals surface area (Å²) in [5.41, 5.74) is 0.210. The van der Waals surface area contributed by atoms with Crippen LogP contribution in [0.5, 0.6) is 23.0 Å². The van der Waals surface area contributed by atoms with Crippen molar-refractivity contribution in [3.8, 4) is 23.0 Å². The van der Waals surface area contributed by atoms with E-state index in [9.17, 15) is 4.79 Å². The second kappa shape index (κ2) is 12.2. The average molecular weight is 419 g/mol. The van der Waals surface area contributed by atoms with Gasteiger partial charge in [-0.2, -0.15) is 0 Å². The van der Waals surface area contributed by atoms with Crippen LogP contribution in [0.4, 0.5) is 0 Å². The van der Waals surface area contributed by atoms with Crippen LogP contribution in [0.15, 0.2) is 30.3 Å². The number of benzene rings is 2. The standard InChI is InChI=1S/C20H24ClO5P.Li.H/c1-5-24-13-11-16(25-6-2)19(17(12-13)26-7-3)27-20(22)18-14(21)9-8-10-15(18)23-4;;/h8-12,27H,5-7H2,1-4H3;;/q;+1;-1. The number of rotatable bonds is 10. The van der Waals surface area contributed by atoms with Gasteiger partial charge in [-0.25, -0.2) is 0 Å². The van der Waals surface area contributed by atoms with Crippen LogP contribution in [-0.4, -0.2) is 32.5 Å². The fraction of sp³-hybridized carbons (Fsp3) is 0.350. The molecule has 1 atom stereocenters. The predicted octanol–water partition coefficient (Wildman–Crippen LogP) is 1.81. The quantitative estimate of drug-likeness (QED) is 0.435. The molecule has 0 aliphatic carbocycles. The van der Waals surface area contributed by atoms with Crippen LogP contribution >= 0.6 is 20.2 Å². The fourth-order valence-corrected chi connectivity index (χ4v) is 4.02. The number of carbonyl (C=O) groups is 1. The van der Waals surface area contributed by atoms with Gasteiger partial charge in [0, 0.05) is 12.1 Å². The van der Waals surface area contributed by atoms with Crippen molar-refractivity contribution in [3.05, 3.63) is 40.9 Å². The predicted molar refractivity (Wildman–Crippen MR) is 111 cm³/mol. The van der Waals surface area contributed by atoms with E-state index in [1.807, 2.05) is 20.8 Å². The first-order valence-corrected chi connectivity index (χ1v) is 10.1. The van der Waals surface area contributed by atoms with Gasteiger partial charge in [-0.05, 0) is 41.5 Å². The summed E-state index contributed by atoms with van der Waals surface area (Å²) < 4.78 is 22.4. The summed E-state index contributed by atoms with van der Waals surface area (Å²) in [6.07, 6.45) is 0. The smallest absolute Gasteiger partial charge is 1.00 e. The first-order chi connectivity index (χ1) is 13.0. The molecule has 0 aliphatic rings. The SMILES string of the molecule is CCOc1cc(OCC)c(PC(=O)c2c(Cl)cccc2OC)c(OCC)c1.[H-].[Li+]. The molecular weight excluding hydrogens is 394 g/mol. The van der Waals surface area contributed by atoms with Crippen LogP contribution in [0.25, 0.3) is 0 Å². The largest absolute Gasteiger partial charge is 1.00 e. The molecule has 0 heterocycles. The third-order valence-electron chi connectivity index (χ3n) is 3.61. The zero-order chi connectivity index (χ0) is 19.8. The Kier molecular flexibility index (Phi) is 10.8. The topological polar surface area (TPSA) is 54.0 Å². The Bertz CT molecular complexity index is 779. The van der Waals surface area contributed by atoms with Crippen molar-refractivity contribution in [2.24, 2.45) is 0 Å². The Balaban J connectivity index is 0.00000392. The molecule has 0 aliphatic heterocycles. The van der Waals surface area contributed by atoms with E-state index in [1.54, 1.807) is 30.3 Å². The van der Waals surface area contributed by atoms with Gasteiger partial charge in [-0.3, -0.25) is 4.79 Å². The molecule has 0 radical (unpaired) electrons. The van der Waals surface area contributed by atoms with Crippen molar-refractivity contribution in [2.45, 2.75) is 20.8 Å². The van der Waals surface area contributed by atoms with E-state index in [1.165, 1.54) is 7.11 Å². The molecule has 28 heavy (non-hydrogen) atoms.